The summed E-state index contributed by atoms with van der Waals surface area (Å²) < 4.78 is 0. The van der Waals surface area contributed by atoms with E-state index in [0.717, 1.165) is 32.1 Å². The number of carbonyl (C=O) groups excluding carboxylic acids is 1. The fraction of sp³-hybridized carbons (Fsp3) is 0.977. The number of nitrogens with one attached hydrogen (secondary N) is 1. The fourth-order valence-electron chi connectivity index (χ4n) is 6.98. The first-order valence-electron chi connectivity index (χ1n) is 21.7. The minimum atomic E-state index is -0.530. The van der Waals surface area contributed by atoms with Gasteiger partial charge in [-0.1, -0.05) is 226 Å². The molecule has 0 aromatic carbocycles. The summed E-state index contributed by atoms with van der Waals surface area (Å²) in [5, 5.41) is 23.3. The van der Waals surface area contributed by atoms with Crippen molar-refractivity contribution < 1.29 is 15.0 Å². The largest absolute Gasteiger partial charge is 0.396 e. The number of aliphatic hydroxyl groups excluding tert-OH is 2. The maximum Gasteiger partial charge on any atom is 0.220 e. The Morgan fingerprint density at radius 2 is 0.723 bits per heavy atom. The second-order valence-electron chi connectivity index (χ2n) is 15.2. The lowest BCUT2D eigenvalue weighted by Gasteiger charge is -2.21. The molecule has 0 saturated heterocycles. The monoisotopic (exact) mass is 666 g/mol. The van der Waals surface area contributed by atoms with E-state index in [1.54, 1.807) is 0 Å². The molecule has 282 valence electrons. The van der Waals surface area contributed by atoms with Crippen LogP contribution in [0.5, 0.6) is 0 Å². The Morgan fingerprint density at radius 1 is 0.447 bits per heavy atom. The van der Waals surface area contributed by atoms with Gasteiger partial charge in [0.15, 0.2) is 0 Å². The number of hydrogen-bond acceptors (Lipinski definition) is 3. The Morgan fingerprint density at radius 3 is 1.02 bits per heavy atom. The molecule has 3 N–H and O–H groups in total. The van der Waals surface area contributed by atoms with Crippen LogP contribution in [0.3, 0.4) is 0 Å². The molecule has 0 heterocycles. The van der Waals surface area contributed by atoms with E-state index in [1.807, 2.05) is 0 Å². The Hall–Kier alpha value is -0.610. The third-order valence-electron chi connectivity index (χ3n) is 10.5. The predicted octanol–water partition coefficient (Wildman–Crippen LogP) is 13.2. The number of unbranched alkanes of at least 4 members (excludes halogenated alkanes) is 32. The van der Waals surface area contributed by atoms with Crippen LogP contribution in [0.25, 0.3) is 0 Å². The van der Waals surface area contributed by atoms with Crippen LogP contribution in [0.2, 0.25) is 0 Å². The zero-order valence-electron chi connectivity index (χ0n) is 32.3. The van der Waals surface area contributed by atoms with Gasteiger partial charge in [-0.25, -0.2) is 0 Å². The first kappa shape index (κ1) is 46.4. The van der Waals surface area contributed by atoms with E-state index in [4.69, 9.17) is 0 Å². The van der Waals surface area contributed by atoms with Crippen molar-refractivity contribution in [3.8, 4) is 0 Å². The second-order valence-corrected chi connectivity index (χ2v) is 15.2. The van der Waals surface area contributed by atoms with Crippen LogP contribution in [-0.4, -0.2) is 35.4 Å². The van der Waals surface area contributed by atoms with Gasteiger partial charge in [-0.2, -0.15) is 0 Å². The minimum Gasteiger partial charge on any atom is -0.396 e. The summed E-state index contributed by atoms with van der Waals surface area (Å²) in [6, 6.07) is 0. The van der Waals surface area contributed by atoms with E-state index in [1.165, 1.54) is 193 Å². The van der Waals surface area contributed by atoms with Crippen LogP contribution in [-0.2, 0) is 4.79 Å². The summed E-state index contributed by atoms with van der Waals surface area (Å²) in [4.78, 5) is 12.3. The van der Waals surface area contributed by atoms with E-state index in [2.05, 4.69) is 19.2 Å². The molecular formula is C43H87NO3. The molecule has 0 aliphatic carbocycles. The zero-order valence-corrected chi connectivity index (χ0v) is 32.3. The molecule has 4 nitrogen and oxygen atoms in total. The van der Waals surface area contributed by atoms with Crippen molar-refractivity contribution in [2.45, 2.75) is 251 Å². The molecule has 0 aliphatic rings. The topological polar surface area (TPSA) is 69.6 Å². The van der Waals surface area contributed by atoms with E-state index in [-0.39, 0.29) is 18.4 Å². The summed E-state index contributed by atoms with van der Waals surface area (Å²) in [7, 11) is 0. The molecule has 4 heteroatoms. The Kier molecular flexibility index (Phi) is 39.3. The molecule has 0 rings (SSSR count). The second kappa shape index (κ2) is 39.8. The summed E-state index contributed by atoms with van der Waals surface area (Å²) >= 11 is 0. The number of rotatable bonds is 40. The normalized spacial score (nSPS) is 12.9. The van der Waals surface area contributed by atoms with Crippen molar-refractivity contribution in [3.63, 3.8) is 0 Å². The van der Waals surface area contributed by atoms with Gasteiger partial charge in [-0.3, -0.25) is 4.79 Å². The Labute approximate surface area is 295 Å². The molecule has 0 fully saturated rings. The molecule has 1 amide bonds. The molecular weight excluding hydrogens is 578 g/mol. The van der Waals surface area contributed by atoms with Gasteiger partial charge in [0.05, 0.1) is 12.7 Å². The van der Waals surface area contributed by atoms with Crippen molar-refractivity contribution in [2.24, 2.45) is 5.92 Å². The summed E-state index contributed by atoms with van der Waals surface area (Å²) in [6.45, 7) is 4.88. The highest BCUT2D eigenvalue weighted by Crippen LogP contribution is 2.17. The van der Waals surface area contributed by atoms with Gasteiger partial charge in [0, 0.05) is 18.9 Å². The summed E-state index contributed by atoms with van der Waals surface area (Å²) in [6.07, 6.45) is 46.6. The third kappa shape index (κ3) is 36.5. The van der Waals surface area contributed by atoms with Crippen LogP contribution in [0.4, 0.5) is 0 Å². The number of carbonyl (C=O) groups is 1. The lowest BCUT2D eigenvalue weighted by atomic mass is 9.97. The van der Waals surface area contributed by atoms with Gasteiger partial charge in [0.25, 0.3) is 0 Å². The van der Waals surface area contributed by atoms with E-state index >= 15 is 0 Å². The van der Waals surface area contributed by atoms with Crippen molar-refractivity contribution in [1.29, 1.82) is 0 Å². The maximum atomic E-state index is 12.3. The number of hydrogen-bond donors (Lipinski definition) is 3. The van der Waals surface area contributed by atoms with Crippen molar-refractivity contribution in [3.05, 3.63) is 0 Å². The van der Waals surface area contributed by atoms with Gasteiger partial charge in [0.1, 0.15) is 0 Å². The Balaban J connectivity index is 3.44. The van der Waals surface area contributed by atoms with Crippen LogP contribution >= 0.6 is 0 Å². The first-order chi connectivity index (χ1) is 23.2. The average Bonchev–Trinajstić information content (AvgIpc) is 3.07. The Bertz CT molecular complexity index is 598. The molecule has 0 spiro atoms. The van der Waals surface area contributed by atoms with Gasteiger partial charge in [0.2, 0.25) is 5.91 Å². The quantitative estimate of drug-likeness (QED) is 0.0570. The zero-order chi connectivity index (χ0) is 34.3. The fourth-order valence-corrected chi connectivity index (χ4v) is 6.98. The SMILES string of the molecule is CCCCCCCCCCCCCCCCCCCCCCCC(=O)NCC(CO)C(O)CCCCCCCCCCCCCCC. The van der Waals surface area contributed by atoms with Crippen LogP contribution in [0.15, 0.2) is 0 Å². The maximum absolute atomic E-state index is 12.3. The minimum absolute atomic E-state index is 0.0643. The molecule has 2 unspecified atom stereocenters. The lowest BCUT2D eigenvalue weighted by Crippen LogP contribution is -2.36. The molecule has 0 aliphatic heterocycles. The van der Waals surface area contributed by atoms with Crippen molar-refractivity contribution in [2.75, 3.05) is 13.2 Å². The van der Waals surface area contributed by atoms with E-state index < -0.39 is 6.10 Å². The summed E-state index contributed by atoms with van der Waals surface area (Å²) in [5.74, 6) is -0.189. The van der Waals surface area contributed by atoms with Gasteiger partial charge in [-0.15, -0.1) is 0 Å². The van der Waals surface area contributed by atoms with Gasteiger partial charge < -0.3 is 15.5 Å². The molecule has 0 aromatic rings. The van der Waals surface area contributed by atoms with E-state index in [9.17, 15) is 15.0 Å². The standard InChI is InChI=1S/C43H87NO3/c1-3-5-7-9-11-13-15-17-18-19-20-21-22-23-24-26-28-30-32-34-36-38-43(47)44-39-41(40-45)42(46)37-35-33-31-29-27-25-16-14-12-10-8-6-4-2/h41-42,45-46H,3-40H2,1-2H3,(H,44,47). The lowest BCUT2D eigenvalue weighted by molar-refractivity contribution is -0.121. The van der Waals surface area contributed by atoms with Crippen LogP contribution in [0, 0.1) is 5.92 Å². The highest BCUT2D eigenvalue weighted by atomic mass is 16.3. The van der Waals surface area contributed by atoms with Crippen molar-refractivity contribution in [1.82, 2.24) is 5.32 Å². The molecule has 0 saturated carbocycles. The smallest absolute Gasteiger partial charge is 0.220 e. The molecule has 2 atom stereocenters. The predicted molar refractivity (Wildman–Crippen MR) is 207 cm³/mol. The van der Waals surface area contributed by atoms with Gasteiger partial charge >= 0.3 is 0 Å². The number of aliphatic hydroxyl groups is 2. The molecule has 0 bridgehead atoms. The number of amides is 1. The third-order valence-corrected chi connectivity index (χ3v) is 10.5. The van der Waals surface area contributed by atoms with Crippen LogP contribution < -0.4 is 5.32 Å². The van der Waals surface area contributed by atoms with Crippen molar-refractivity contribution >= 4 is 5.91 Å². The van der Waals surface area contributed by atoms with Gasteiger partial charge in [-0.05, 0) is 12.8 Å². The van der Waals surface area contributed by atoms with Crippen LogP contribution in [0.1, 0.15) is 245 Å². The molecule has 0 aromatic heterocycles. The first-order valence-corrected chi connectivity index (χ1v) is 21.7. The van der Waals surface area contributed by atoms with E-state index in [0.29, 0.717) is 13.0 Å². The highest BCUT2D eigenvalue weighted by Gasteiger charge is 2.18. The molecule has 0 radical (unpaired) electrons. The highest BCUT2D eigenvalue weighted by molar-refractivity contribution is 5.75. The molecule has 47 heavy (non-hydrogen) atoms. The average molecular weight is 666 g/mol. The summed E-state index contributed by atoms with van der Waals surface area (Å²) in [5.41, 5.74) is 0.